The van der Waals surface area contributed by atoms with Crippen LogP contribution in [0.5, 0.6) is 0 Å². The molecule has 1 fully saturated rings. The summed E-state index contributed by atoms with van der Waals surface area (Å²) in [6.07, 6.45) is 3.62. The number of methoxy groups -OCH3 is 1. The summed E-state index contributed by atoms with van der Waals surface area (Å²) >= 11 is 0. The number of rotatable bonds is 7. The number of nitrogens with one attached hydrogen (secondary N) is 2. The van der Waals surface area contributed by atoms with E-state index in [4.69, 9.17) is 14.5 Å². The molecule has 8 heteroatoms. The topological polar surface area (TPSA) is 107 Å². The van der Waals surface area contributed by atoms with Gasteiger partial charge in [0, 0.05) is 24.0 Å². The van der Waals surface area contributed by atoms with E-state index in [0.717, 1.165) is 42.1 Å². The van der Waals surface area contributed by atoms with Gasteiger partial charge < -0.3 is 20.1 Å². The maximum absolute atomic E-state index is 13.4. The van der Waals surface area contributed by atoms with Gasteiger partial charge in [-0.3, -0.25) is 4.79 Å². The fraction of sp³-hybridized carbons (Fsp3) is 0.419. The van der Waals surface area contributed by atoms with Crippen molar-refractivity contribution < 1.29 is 23.9 Å². The molecule has 206 valence electrons. The molecule has 1 aliphatic carbocycles. The average molecular weight is 532 g/mol. The molecule has 1 heterocycles. The molecule has 0 bridgehead atoms. The summed E-state index contributed by atoms with van der Waals surface area (Å²) in [6, 6.07) is 16.4. The average Bonchev–Trinajstić information content (AvgIpc) is 2.93. The Kier molecular flexibility index (Phi) is 8.84. The highest BCUT2D eigenvalue weighted by atomic mass is 16.6. The molecule has 0 unspecified atom stereocenters. The highest BCUT2D eigenvalue weighted by Crippen LogP contribution is 2.29. The summed E-state index contributed by atoms with van der Waals surface area (Å²) in [5.74, 6) is 0.281. The van der Waals surface area contributed by atoms with E-state index in [9.17, 15) is 14.4 Å². The van der Waals surface area contributed by atoms with Crippen LogP contribution < -0.4 is 10.6 Å². The number of alkyl carbamates (subject to hydrolysis) is 1. The van der Waals surface area contributed by atoms with Gasteiger partial charge >= 0.3 is 12.1 Å². The van der Waals surface area contributed by atoms with Crippen LogP contribution in [0.15, 0.2) is 54.6 Å². The lowest BCUT2D eigenvalue weighted by Gasteiger charge is -2.29. The predicted octanol–water partition coefficient (Wildman–Crippen LogP) is 5.75. The van der Waals surface area contributed by atoms with E-state index in [1.54, 1.807) is 24.3 Å². The summed E-state index contributed by atoms with van der Waals surface area (Å²) in [5.41, 5.74) is 2.72. The first-order valence-electron chi connectivity index (χ1n) is 13.5. The number of ether oxygens (including phenoxy) is 2. The number of benzene rings is 2. The molecule has 2 N–H and O–H groups in total. The standard InChI is InChI=1S/C31H37N3O5/c1-31(2,3)39-30(37)33-19-21-11-9-20(10-12-21)18-32-28(35)25-17-27(34-26-8-6-5-7-24(25)26)22-13-15-23(16-14-22)29(36)38-4/h5-8,13-17,20-21H,9-12,18-19H2,1-4H3,(H,32,35)(H,33,37)/t20-,21-. The Morgan fingerprint density at radius 1 is 0.897 bits per heavy atom. The number of carbonyl (C=O) groups excluding carboxylic acids is 3. The molecule has 1 aliphatic rings. The van der Waals surface area contributed by atoms with Crippen LogP contribution in [0.25, 0.3) is 22.2 Å². The van der Waals surface area contributed by atoms with Crippen molar-refractivity contribution >= 4 is 28.9 Å². The molecule has 4 rings (SSSR count). The van der Waals surface area contributed by atoms with Gasteiger partial charge in [-0.15, -0.1) is 0 Å². The number of pyridine rings is 1. The van der Waals surface area contributed by atoms with Crippen LogP contribution in [-0.2, 0) is 9.47 Å². The Morgan fingerprint density at radius 2 is 1.51 bits per heavy atom. The molecular formula is C31H37N3O5. The van der Waals surface area contributed by atoms with Crippen molar-refractivity contribution in [2.75, 3.05) is 20.2 Å². The maximum Gasteiger partial charge on any atom is 0.407 e. The van der Waals surface area contributed by atoms with E-state index in [1.165, 1.54) is 7.11 Å². The van der Waals surface area contributed by atoms with Crippen molar-refractivity contribution in [2.24, 2.45) is 11.8 Å². The Hall–Kier alpha value is -3.94. The van der Waals surface area contributed by atoms with Gasteiger partial charge in [0.1, 0.15) is 5.60 Å². The van der Waals surface area contributed by atoms with Crippen LogP contribution in [0.3, 0.4) is 0 Å². The fourth-order valence-corrected chi connectivity index (χ4v) is 4.92. The quantitative estimate of drug-likeness (QED) is 0.376. The molecule has 2 amide bonds. The third-order valence-electron chi connectivity index (χ3n) is 7.01. The molecule has 1 aromatic heterocycles. The summed E-state index contributed by atoms with van der Waals surface area (Å²) < 4.78 is 10.1. The fourth-order valence-electron chi connectivity index (χ4n) is 4.92. The number of nitrogens with zero attached hydrogens (tertiary/aromatic N) is 1. The molecule has 0 spiro atoms. The second-order valence-electron chi connectivity index (χ2n) is 11.1. The lowest BCUT2D eigenvalue weighted by molar-refractivity contribution is 0.0511. The van der Waals surface area contributed by atoms with E-state index >= 15 is 0 Å². The van der Waals surface area contributed by atoms with Crippen molar-refractivity contribution in [3.05, 3.63) is 65.7 Å². The maximum atomic E-state index is 13.4. The van der Waals surface area contributed by atoms with Gasteiger partial charge in [0.25, 0.3) is 5.91 Å². The zero-order chi connectivity index (χ0) is 28.0. The molecule has 8 nitrogen and oxygen atoms in total. The van der Waals surface area contributed by atoms with Crippen molar-refractivity contribution in [3.63, 3.8) is 0 Å². The minimum Gasteiger partial charge on any atom is -0.465 e. The molecule has 0 saturated heterocycles. The number of hydrogen-bond donors (Lipinski definition) is 2. The zero-order valence-electron chi connectivity index (χ0n) is 23.1. The van der Waals surface area contributed by atoms with Gasteiger partial charge in [-0.2, -0.15) is 0 Å². The second kappa shape index (κ2) is 12.3. The number of fused-ring (bicyclic) bond motifs is 1. The van der Waals surface area contributed by atoms with Crippen LogP contribution in [-0.4, -0.2) is 48.8 Å². The molecular weight excluding hydrogens is 494 g/mol. The first-order valence-corrected chi connectivity index (χ1v) is 13.5. The highest BCUT2D eigenvalue weighted by Gasteiger charge is 2.24. The van der Waals surface area contributed by atoms with E-state index < -0.39 is 11.6 Å². The molecule has 39 heavy (non-hydrogen) atoms. The minimum absolute atomic E-state index is 0.130. The third-order valence-corrected chi connectivity index (χ3v) is 7.01. The van der Waals surface area contributed by atoms with Crippen molar-refractivity contribution in [1.29, 1.82) is 0 Å². The number of esters is 1. The lowest BCUT2D eigenvalue weighted by Crippen LogP contribution is -2.37. The Labute approximate surface area is 229 Å². The van der Waals surface area contributed by atoms with Crippen LogP contribution in [0, 0.1) is 11.8 Å². The molecule has 2 aromatic carbocycles. The SMILES string of the molecule is COC(=O)c1ccc(-c2cc(C(=O)NC[C@H]3CC[C@H](CNC(=O)OC(C)(C)C)CC3)c3ccccc3n2)cc1. The first kappa shape index (κ1) is 28.1. The Morgan fingerprint density at radius 3 is 2.13 bits per heavy atom. The van der Waals surface area contributed by atoms with Gasteiger partial charge in [0.15, 0.2) is 0 Å². The second-order valence-corrected chi connectivity index (χ2v) is 11.1. The molecule has 3 aromatic rings. The predicted molar refractivity (Wildman–Crippen MR) is 151 cm³/mol. The van der Waals surface area contributed by atoms with Crippen LogP contribution in [0.2, 0.25) is 0 Å². The summed E-state index contributed by atoms with van der Waals surface area (Å²) in [4.78, 5) is 41.8. The van der Waals surface area contributed by atoms with Crippen molar-refractivity contribution in [1.82, 2.24) is 15.6 Å². The Balaban J connectivity index is 1.37. The summed E-state index contributed by atoms with van der Waals surface area (Å²) in [7, 11) is 1.35. The monoisotopic (exact) mass is 531 g/mol. The van der Waals surface area contributed by atoms with Gasteiger partial charge in [0.2, 0.25) is 0 Å². The largest absolute Gasteiger partial charge is 0.465 e. The molecule has 0 atom stereocenters. The normalized spacial score (nSPS) is 17.3. The molecule has 1 saturated carbocycles. The third kappa shape index (κ3) is 7.56. The summed E-state index contributed by atoms with van der Waals surface area (Å²) in [5, 5.41) is 6.82. The van der Waals surface area contributed by atoms with Crippen molar-refractivity contribution in [3.8, 4) is 11.3 Å². The van der Waals surface area contributed by atoms with E-state index in [0.29, 0.717) is 41.7 Å². The van der Waals surface area contributed by atoms with Crippen LogP contribution >= 0.6 is 0 Å². The van der Waals surface area contributed by atoms with Gasteiger partial charge in [-0.05, 0) is 82.6 Å². The minimum atomic E-state index is -0.504. The van der Waals surface area contributed by atoms with E-state index in [1.807, 2.05) is 51.1 Å². The van der Waals surface area contributed by atoms with Gasteiger partial charge in [-0.25, -0.2) is 14.6 Å². The molecule has 0 aliphatic heterocycles. The number of aromatic nitrogens is 1. The van der Waals surface area contributed by atoms with Crippen molar-refractivity contribution in [2.45, 2.75) is 52.1 Å². The molecule has 0 radical (unpaired) electrons. The highest BCUT2D eigenvalue weighted by molar-refractivity contribution is 6.07. The smallest absolute Gasteiger partial charge is 0.407 e. The first-order chi connectivity index (χ1) is 18.6. The number of hydrogen-bond acceptors (Lipinski definition) is 6. The van der Waals surface area contributed by atoms with Gasteiger partial charge in [-0.1, -0.05) is 30.3 Å². The number of para-hydroxylation sites is 1. The number of carbonyl (C=O) groups is 3. The van der Waals surface area contributed by atoms with Crippen LogP contribution in [0.1, 0.15) is 67.2 Å². The number of amides is 2. The van der Waals surface area contributed by atoms with E-state index in [-0.39, 0.29) is 12.0 Å². The zero-order valence-corrected chi connectivity index (χ0v) is 23.1. The Bertz CT molecular complexity index is 1320. The van der Waals surface area contributed by atoms with Crippen LogP contribution in [0.4, 0.5) is 4.79 Å². The van der Waals surface area contributed by atoms with Gasteiger partial charge in [0.05, 0.1) is 29.4 Å². The summed E-state index contributed by atoms with van der Waals surface area (Å²) in [6.45, 7) is 6.77. The lowest BCUT2D eigenvalue weighted by atomic mass is 9.82. The van der Waals surface area contributed by atoms with E-state index in [2.05, 4.69) is 10.6 Å².